The van der Waals surface area contributed by atoms with Gasteiger partial charge in [-0.3, -0.25) is 0 Å². The molecule has 0 heterocycles. The molecule has 0 aliphatic rings. The standard InChI is InChI=1S/C19H20O3/c1-3-22-18(20)17(14-15-10-6-4-7-11-15)19(2,21)16-12-8-5-9-13-16/h4-14,21H,3H2,1-2H3/b17-14+. The van der Waals surface area contributed by atoms with Gasteiger partial charge in [0.05, 0.1) is 12.2 Å². The number of rotatable bonds is 5. The molecular weight excluding hydrogens is 276 g/mol. The minimum Gasteiger partial charge on any atom is -0.463 e. The quantitative estimate of drug-likeness (QED) is 0.678. The van der Waals surface area contributed by atoms with Crippen LogP contribution in [0.3, 0.4) is 0 Å². The van der Waals surface area contributed by atoms with Crippen LogP contribution in [0.2, 0.25) is 0 Å². The number of aliphatic hydroxyl groups is 1. The average molecular weight is 296 g/mol. The Bertz CT molecular complexity index is 643. The lowest BCUT2D eigenvalue weighted by Gasteiger charge is -2.26. The predicted octanol–water partition coefficient (Wildman–Crippen LogP) is 3.54. The van der Waals surface area contributed by atoms with Crippen molar-refractivity contribution in [2.75, 3.05) is 6.61 Å². The number of ether oxygens (including phenoxy) is 1. The number of hydrogen-bond donors (Lipinski definition) is 1. The van der Waals surface area contributed by atoms with Crippen molar-refractivity contribution < 1.29 is 14.6 Å². The van der Waals surface area contributed by atoms with E-state index in [-0.39, 0.29) is 12.2 Å². The Kier molecular flexibility index (Phi) is 5.12. The fraction of sp³-hybridized carbons (Fsp3) is 0.211. The Morgan fingerprint density at radius 1 is 1.09 bits per heavy atom. The van der Waals surface area contributed by atoms with E-state index in [0.29, 0.717) is 5.56 Å². The van der Waals surface area contributed by atoms with Gasteiger partial charge in [0, 0.05) is 0 Å². The van der Waals surface area contributed by atoms with E-state index >= 15 is 0 Å². The molecule has 2 aromatic rings. The molecule has 1 unspecified atom stereocenters. The van der Waals surface area contributed by atoms with Gasteiger partial charge in [-0.25, -0.2) is 4.79 Å². The fourth-order valence-electron chi connectivity index (χ4n) is 2.24. The third-order valence-corrected chi connectivity index (χ3v) is 3.47. The van der Waals surface area contributed by atoms with Crippen LogP contribution < -0.4 is 0 Å². The lowest BCUT2D eigenvalue weighted by atomic mass is 9.86. The van der Waals surface area contributed by atoms with Crippen LogP contribution in [-0.2, 0) is 15.1 Å². The van der Waals surface area contributed by atoms with Crippen molar-refractivity contribution in [3.05, 3.63) is 77.4 Å². The summed E-state index contributed by atoms with van der Waals surface area (Å²) in [5.74, 6) is -0.514. The summed E-state index contributed by atoms with van der Waals surface area (Å²) in [6, 6.07) is 18.5. The molecule has 0 aliphatic carbocycles. The van der Waals surface area contributed by atoms with Gasteiger partial charge in [0.2, 0.25) is 0 Å². The minimum absolute atomic E-state index is 0.215. The molecule has 3 nitrogen and oxygen atoms in total. The van der Waals surface area contributed by atoms with Gasteiger partial charge < -0.3 is 9.84 Å². The smallest absolute Gasteiger partial charge is 0.337 e. The van der Waals surface area contributed by atoms with Gasteiger partial charge in [-0.1, -0.05) is 60.7 Å². The monoisotopic (exact) mass is 296 g/mol. The van der Waals surface area contributed by atoms with E-state index in [1.54, 1.807) is 32.1 Å². The molecule has 1 N–H and O–H groups in total. The van der Waals surface area contributed by atoms with Crippen LogP contribution in [-0.4, -0.2) is 17.7 Å². The molecule has 0 amide bonds. The molecule has 0 saturated heterocycles. The van der Waals surface area contributed by atoms with Crippen molar-refractivity contribution >= 4 is 12.0 Å². The van der Waals surface area contributed by atoms with Crippen molar-refractivity contribution in [2.45, 2.75) is 19.4 Å². The Hall–Kier alpha value is -2.39. The minimum atomic E-state index is -1.43. The number of carbonyl (C=O) groups excluding carboxylic acids is 1. The third-order valence-electron chi connectivity index (χ3n) is 3.47. The highest BCUT2D eigenvalue weighted by Crippen LogP contribution is 2.31. The van der Waals surface area contributed by atoms with Crippen molar-refractivity contribution in [1.29, 1.82) is 0 Å². The van der Waals surface area contributed by atoms with E-state index in [2.05, 4.69) is 0 Å². The van der Waals surface area contributed by atoms with Gasteiger partial charge in [0.15, 0.2) is 0 Å². The lowest BCUT2D eigenvalue weighted by Crippen LogP contribution is -2.30. The Labute approximate surface area is 130 Å². The molecule has 114 valence electrons. The van der Waals surface area contributed by atoms with E-state index in [4.69, 9.17) is 4.74 Å². The maximum atomic E-state index is 12.3. The first-order chi connectivity index (χ1) is 10.6. The molecule has 22 heavy (non-hydrogen) atoms. The number of benzene rings is 2. The summed E-state index contributed by atoms with van der Waals surface area (Å²) in [5.41, 5.74) is 0.266. The van der Waals surface area contributed by atoms with Crippen LogP contribution >= 0.6 is 0 Å². The van der Waals surface area contributed by atoms with Gasteiger partial charge in [0.1, 0.15) is 5.60 Å². The summed E-state index contributed by atoms with van der Waals surface area (Å²) in [6.07, 6.45) is 1.67. The Morgan fingerprint density at radius 3 is 2.18 bits per heavy atom. The molecule has 0 aromatic heterocycles. The fourth-order valence-corrected chi connectivity index (χ4v) is 2.24. The van der Waals surface area contributed by atoms with Gasteiger partial charge in [-0.15, -0.1) is 0 Å². The van der Waals surface area contributed by atoms with Crippen LogP contribution in [0.15, 0.2) is 66.2 Å². The molecule has 0 bridgehead atoms. The van der Waals surface area contributed by atoms with Crippen molar-refractivity contribution in [3.8, 4) is 0 Å². The SMILES string of the molecule is CCOC(=O)/C(=C\c1ccccc1)C(C)(O)c1ccccc1. The van der Waals surface area contributed by atoms with E-state index in [1.165, 1.54) is 0 Å². The van der Waals surface area contributed by atoms with Crippen LogP contribution in [0, 0.1) is 0 Å². The zero-order chi connectivity index (χ0) is 16.0. The zero-order valence-corrected chi connectivity index (χ0v) is 12.8. The second kappa shape index (κ2) is 7.05. The molecule has 3 heteroatoms. The normalized spacial score (nSPS) is 14.2. The second-order valence-electron chi connectivity index (χ2n) is 5.13. The zero-order valence-electron chi connectivity index (χ0n) is 12.8. The largest absolute Gasteiger partial charge is 0.463 e. The van der Waals surface area contributed by atoms with Crippen molar-refractivity contribution in [1.82, 2.24) is 0 Å². The molecule has 0 fully saturated rings. The number of hydrogen-bond acceptors (Lipinski definition) is 3. The third kappa shape index (κ3) is 3.62. The highest BCUT2D eigenvalue weighted by Gasteiger charge is 2.33. The van der Waals surface area contributed by atoms with Crippen LogP contribution in [0.1, 0.15) is 25.0 Å². The van der Waals surface area contributed by atoms with Gasteiger partial charge in [-0.05, 0) is 31.1 Å². The van der Waals surface area contributed by atoms with Gasteiger partial charge in [-0.2, -0.15) is 0 Å². The summed E-state index contributed by atoms with van der Waals surface area (Å²) in [6.45, 7) is 3.61. The van der Waals surface area contributed by atoms with Gasteiger partial charge >= 0.3 is 5.97 Å². The number of esters is 1. The van der Waals surface area contributed by atoms with E-state index < -0.39 is 11.6 Å². The van der Waals surface area contributed by atoms with Crippen LogP contribution in [0.25, 0.3) is 6.08 Å². The molecule has 0 aliphatic heterocycles. The molecule has 0 radical (unpaired) electrons. The summed E-state index contributed by atoms with van der Waals surface area (Å²) in [7, 11) is 0. The van der Waals surface area contributed by atoms with Gasteiger partial charge in [0.25, 0.3) is 0 Å². The van der Waals surface area contributed by atoms with E-state index in [0.717, 1.165) is 5.56 Å². The Morgan fingerprint density at radius 2 is 1.64 bits per heavy atom. The maximum Gasteiger partial charge on any atom is 0.337 e. The molecule has 0 saturated carbocycles. The maximum absolute atomic E-state index is 12.3. The molecule has 2 aromatic carbocycles. The molecular formula is C19H20O3. The first-order valence-corrected chi connectivity index (χ1v) is 7.28. The lowest BCUT2D eigenvalue weighted by molar-refractivity contribution is -0.140. The summed E-state index contributed by atoms with van der Waals surface area (Å²) in [5, 5.41) is 10.9. The Balaban J connectivity index is 2.49. The first kappa shape index (κ1) is 16.0. The topological polar surface area (TPSA) is 46.5 Å². The molecule has 0 spiro atoms. The van der Waals surface area contributed by atoms with Crippen molar-refractivity contribution in [2.24, 2.45) is 0 Å². The highest BCUT2D eigenvalue weighted by molar-refractivity contribution is 5.96. The summed E-state index contributed by atoms with van der Waals surface area (Å²) in [4.78, 5) is 12.3. The average Bonchev–Trinajstić information content (AvgIpc) is 2.54. The van der Waals surface area contributed by atoms with E-state index in [9.17, 15) is 9.90 Å². The number of carbonyl (C=O) groups is 1. The summed E-state index contributed by atoms with van der Waals surface area (Å²) < 4.78 is 5.12. The highest BCUT2D eigenvalue weighted by atomic mass is 16.5. The molecule has 2 rings (SSSR count). The summed E-state index contributed by atoms with van der Waals surface area (Å²) >= 11 is 0. The van der Waals surface area contributed by atoms with Crippen LogP contribution in [0.4, 0.5) is 0 Å². The first-order valence-electron chi connectivity index (χ1n) is 7.28. The van der Waals surface area contributed by atoms with Crippen molar-refractivity contribution in [3.63, 3.8) is 0 Å². The second-order valence-corrected chi connectivity index (χ2v) is 5.13. The van der Waals surface area contributed by atoms with E-state index in [1.807, 2.05) is 48.5 Å². The molecule has 1 atom stereocenters. The predicted molar refractivity (Wildman–Crippen MR) is 87.1 cm³/mol. The van der Waals surface area contributed by atoms with Crippen LogP contribution in [0.5, 0.6) is 0 Å².